The van der Waals surface area contributed by atoms with Crippen LogP contribution in [0.15, 0.2) is 29.4 Å². The van der Waals surface area contributed by atoms with Gasteiger partial charge in [0.25, 0.3) is 11.8 Å². The molecule has 118 valence electrons. The number of nitrogens with zero attached hydrogens (tertiary/aromatic N) is 2. The lowest BCUT2D eigenvalue weighted by atomic mass is 10.1. The summed E-state index contributed by atoms with van der Waals surface area (Å²) in [5.74, 6) is -1.72. The van der Waals surface area contributed by atoms with Gasteiger partial charge in [0.2, 0.25) is 5.91 Å². The molecule has 0 spiro atoms. The Morgan fingerprint density at radius 3 is 2.35 bits per heavy atom. The maximum absolute atomic E-state index is 12.1. The third-order valence-electron chi connectivity index (χ3n) is 3.57. The van der Waals surface area contributed by atoms with Gasteiger partial charge in [0.15, 0.2) is 0 Å². The quantitative estimate of drug-likeness (QED) is 0.626. The Kier molecular flexibility index (Phi) is 3.88. The number of benzene rings is 1. The van der Waals surface area contributed by atoms with Crippen molar-refractivity contribution in [2.24, 2.45) is 5.10 Å². The lowest BCUT2D eigenvalue weighted by Crippen LogP contribution is -2.35. The number of hydrazone groups is 1. The van der Waals surface area contributed by atoms with Gasteiger partial charge in [-0.1, -0.05) is 12.1 Å². The molecule has 8 heteroatoms. The van der Waals surface area contributed by atoms with Crippen molar-refractivity contribution in [1.82, 2.24) is 10.3 Å². The summed E-state index contributed by atoms with van der Waals surface area (Å²) in [6.45, 7) is -0.158. The monoisotopic (exact) mass is 315 g/mol. The summed E-state index contributed by atoms with van der Waals surface area (Å²) < 4.78 is 5.01. The standard InChI is InChI=1S/C15H13N3O5/c19-12-6-5-11(16-17-12)15(22)23-8-7-18-13(20)9-3-1-2-4-10(9)14(18)21/h1-4H,5-8H2,(H,17,19). The first kappa shape index (κ1) is 14.9. The maximum atomic E-state index is 12.1. The highest BCUT2D eigenvalue weighted by atomic mass is 16.5. The summed E-state index contributed by atoms with van der Waals surface area (Å²) in [7, 11) is 0. The highest BCUT2D eigenvalue weighted by Gasteiger charge is 2.35. The summed E-state index contributed by atoms with van der Waals surface area (Å²) >= 11 is 0. The molecule has 0 saturated carbocycles. The molecule has 2 heterocycles. The third kappa shape index (κ3) is 2.83. The van der Waals surface area contributed by atoms with E-state index in [1.807, 2.05) is 0 Å². The van der Waals surface area contributed by atoms with Crippen molar-refractivity contribution >= 4 is 29.4 Å². The van der Waals surface area contributed by atoms with Gasteiger partial charge < -0.3 is 4.74 Å². The summed E-state index contributed by atoms with van der Waals surface area (Å²) in [4.78, 5) is 48.0. The first-order valence-electron chi connectivity index (χ1n) is 7.05. The molecule has 0 aromatic heterocycles. The van der Waals surface area contributed by atoms with E-state index in [1.54, 1.807) is 24.3 Å². The molecule has 2 aliphatic rings. The molecule has 0 atom stereocenters. The van der Waals surface area contributed by atoms with Gasteiger partial charge in [-0.2, -0.15) is 5.10 Å². The lowest BCUT2D eigenvalue weighted by molar-refractivity contribution is -0.136. The number of esters is 1. The van der Waals surface area contributed by atoms with Crippen molar-refractivity contribution < 1.29 is 23.9 Å². The van der Waals surface area contributed by atoms with Crippen LogP contribution in [0.25, 0.3) is 0 Å². The average molecular weight is 315 g/mol. The SMILES string of the molecule is O=C1CCC(C(=O)OCCN2C(=O)c3ccccc3C2=O)=NN1. The Bertz CT molecular complexity index is 705. The largest absolute Gasteiger partial charge is 0.459 e. The number of imide groups is 1. The zero-order chi connectivity index (χ0) is 16.4. The van der Waals surface area contributed by atoms with Gasteiger partial charge in [-0.15, -0.1) is 0 Å². The highest BCUT2D eigenvalue weighted by Crippen LogP contribution is 2.21. The van der Waals surface area contributed by atoms with Crippen molar-refractivity contribution in [3.63, 3.8) is 0 Å². The van der Waals surface area contributed by atoms with Crippen LogP contribution in [0.4, 0.5) is 0 Å². The molecular formula is C15H13N3O5. The van der Waals surface area contributed by atoms with Crippen LogP contribution in [0.3, 0.4) is 0 Å². The van der Waals surface area contributed by atoms with E-state index in [1.165, 1.54) is 0 Å². The fraction of sp³-hybridized carbons (Fsp3) is 0.267. The van der Waals surface area contributed by atoms with E-state index >= 15 is 0 Å². The molecule has 1 aromatic carbocycles. The molecule has 1 aromatic rings. The van der Waals surface area contributed by atoms with Crippen LogP contribution in [-0.4, -0.2) is 47.5 Å². The summed E-state index contributed by atoms with van der Waals surface area (Å²) in [6, 6.07) is 6.54. The minimum atomic E-state index is -0.665. The van der Waals surface area contributed by atoms with Crippen molar-refractivity contribution in [3.05, 3.63) is 35.4 Å². The Morgan fingerprint density at radius 2 is 1.78 bits per heavy atom. The molecule has 23 heavy (non-hydrogen) atoms. The van der Waals surface area contributed by atoms with Gasteiger partial charge in [0.05, 0.1) is 17.7 Å². The van der Waals surface area contributed by atoms with E-state index in [-0.39, 0.29) is 37.6 Å². The predicted octanol–water partition coefficient (Wildman–Crippen LogP) is 0.0918. The Morgan fingerprint density at radius 1 is 1.13 bits per heavy atom. The average Bonchev–Trinajstić information content (AvgIpc) is 2.81. The number of hydrogen-bond acceptors (Lipinski definition) is 6. The normalized spacial score (nSPS) is 16.8. The summed E-state index contributed by atoms with van der Waals surface area (Å²) in [6.07, 6.45) is 0.379. The lowest BCUT2D eigenvalue weighted by Gasteiger charge is -2.15. The van der Waals surface area contributed by atoms with Crippen LogP contribution < -0.4 is 5.43 Å². The predicted molar refractivity (Wildman–Crippen MR) is 77.6 cm³/mol. The van der Waals surface area contributed by atoms with E-state index in [2.05, 4.69) is 10.5 Å². The van der Waals surface area contributed by atoms with Crippen LogP contribution >= 0.6 is 0 Å². The molecule has 2 aliphatic heterocycles. The molecule has 0 aliphatic carbocycles. The van der Waals surface area contributed by atoms with E-state index in [9.17, 15) is 19.2 Å². The number of rotatable bonds is 4. The fourth-order valence-corrected chi connectivity index (χ4v) is 2.38. The number of carbonyl (C=O) groups is 4. The van der Waals surface area contributed by atoms with Crippen molar-refractivity contribution in [3.8, 4) is 0 Å². The van der Waals surface area contributed by atoms with Gasteiger partial charge in [-0.25, -0.2) is 10.2 Å². The first-order valence-corrected chi connectivity index (χ1v) is 7.05. The van der Waals surface area contributed by atoms with Gasteiger partial charge in [0.1, 0.15) is 12.3 Å². The molecule has 8 nitrogen and oxygen atoms in total. The number of nitrogens with one attached hydrogen (secondary N) is 1. The Hall–Kier alpha value is -3.03. The number of carbonyl (C=O) groups excluding carboxylic acids is 4. The van der Waals surface area contributed by atoms with E-state index in [0.29, 0.717) is 11.1 Å². The van der Waals surface area contributed by atoms with Crippen LogP contribution in [0.2, 0.25) is 0 Å². The third-order valence-corrected chi connectivity index (χ3v) is 3.57. The molecule has 1 N–H and O–H groups in total. The minimum Gasteiger partial charge on any atom is -0.459 e. The van der Waals surface area contributed by atoms with Crippen LogP contribution in [0.1, 0.15) is 33.6 Å². The van der Waals surface area contributed by atoms with E-state index < -0.39 is 17.8 Å². The molecule has 0 fully saturated rings. The highest BCUT2D eigenvalue weighted by molar-refractivity contribution is 6.37. The van der Waals surface area contributed by atoms with Crippen molar-refractivity contribution in [2.75, 3.05) is 13.2 Å². The summed E-state index contributed by atoms with van der Waals surface area (Å²) in [5.41, 5.74) is 3.02. The molecule has 0 bridgehead atoms. The second-order valence-electron chi connectivity index (χ2n) is 5.04. The van der Waals surface area contributed by atoms with E-state index in [4.69, 9.17) is 4.74 Å². The summed E-state index contributed by atoms with van der Waals surface area (Å²) in [5, 5.41) is 3.62. The zero-order valence-electron chi connectivity index (χ0n) is 12.1. The molecular weight excluding hydrogens is 302 g/mol. The second kappa shape index (κ2) is 5.99. The molecule has 0 unspecified atom stereocenters. The zero-order valence-corrected chi connectivity index (χ0v) is 12.1. The second-order valence-corrected chi connectivity index (χ2v) is 5.04. The molecule has 3 rings (SSSR count). The number of hydrogen-bond donors (Lipinski definition) is 1. The number of fused-ring (bicyclic) bond motifs is 1. The molecule has 3 amide bonds. The Labute approximate surface area is 131 Å². The Balaban J connectivity index is 1.56. The van der Waals surface area contributed by atoms with Crippen molar-refractivity contribution in [2.45, 2.75) is 12.8 Å². The van der Waals surface area contributed by atoms with Crippen LogP contribution in [0.5, 0.6) is 0 Å². The van der Waals surface area contributed by atoms with Crippen molar-refractivity contribution in [1.29, 1.82) is 0 Å². The molecule has 0 radical (unpaired) electrons. The first-order chi connectivity index (χ1) is 11.1. The molecule has 0 saturated heterocycles. The number of amides is 3. The maximum Gasteiger partial charge on any atom is 0.354 e. The van der Waals surface area contributed by atoms with Crippen LogP contribution in [0, 0.1) is 0 Å². The van der Waals surface area contributed by atoms with Gasteiger partial charge in [-0.3, -0.25) is 19.3 Å². The topological polar surface area (TPSA) is 105 Å². The fourth-order valence-electron chi connectivity index (χ4n) is 2.38. The van der Waals surface area contributed by atoms with Crippen LogP contribution in [-0.2, 0) is 14.3 Å². The smallest absolute Gasteiger partial charge is 0.354 e. The van der Waals surface area contributed by atoms with Gasteiger partial charge in [-0.05, 0) is 12.1 Å². The number of ether oxygens (including phenoxy) is 1. The van der Waals surface area contributed by atoms with E-state index in [0.717, 1.165) is 4.90 Å². The van der Waals surface area contributed by atoms with Gasteiger partial charge in [0, 0.05) is 12.8 Å². The van der Waals surface area contributed by atoms with Gasteiger partial charge >= 0.3 is 5.97 Å². The minimum absolute atomic E-state index is 0.0300.